The zero-order valence-electron chi connectivity index (χ0n) is 13.4. The summed E-state index contributed by atoms with van der Waals surface area (Å²) in [5.74, 6) is 1.31. The zero-order valence-corrected chi connectivity index (χ0v) is 15.8. The fourth-order valence-electron chi connectivity index (χ4n) is 2.69. The maximum absolute atomic E-state index is 12.4. The number of carbonyl (C=O) groups is 1. The molecule has 4 rings (SSSR count). The molecule has 1 saturated carbocycles. The standard InChI is InChI=1S/C18H16ClN3OS2/c19-15-6-2-1-5-14(15)16(23)11-25-18-21-20-17(22(18)12-7-8-12)10-13-4-3-9-24-13/h1-6,9,12H,7-8,10-11H2. The molecule has 0 atom stereocenters. The van der Waals surface area contributed by atoms with Crippen LogP contribution in [0.3, 0.4) is 0 Å². The molecule has 0 N–H and O–H groups in total. The Morgan fingerprint density at radius 3 is 2.80 bits per heavy atom. The summed E-state index contributed by atoms with van der Waals surface area (Å²) in [5.41, 5.74) is 0.563. The molecule has 2 aromatic heterocycles. The van der Waals surface area contributed by atoms with Crippen molar-refractivity contribution in [3.63, 3.8) is 0 Å². The van der Waals surface area contributed by atoms with Crippen molar-refractivity contribution < 1.29 is 4.79 Å². The number of thioether (sulfide) groups is 1. The number of halogens is 1. The lowest BCUT2D eigenvalue weighted by Crippen LogP contribution is -2.07. The Bertz CT molecular complexity index is 888. The highest BCUT2D eigenvalue weighted by Crippen LogP contribution is 2.39. The first-order valence-corrected chi connectivity index (χ1v) is 10.3. The highest BCUT2D eigenvalue weighted by atomic mass is 35.5. The van der Waals surface area contributed by atoms with E-state index in [2.05, 4.69) is 32.3 Å². The first-order chi connectivity index (χ1) is 12.2. The van der Waals surface area contributed by atoms with Gasteiger partial charge in [0.2, 0.25) is 0 Å². The van der Waals surface area contributed by atoms with E-state index in [4.69, 9.17) is 11.6 Å². The molecule has 1 aliphatic carbocycles. The Morgan fingerprint density at radius 2 is 2.08 bits per heavy atom. The van der Waals surface area contributed by atoms with Crippen molar-refractivity contribution in [2.24, 2.45) is 0 Å². The van der Waals surface area contributed by atoms with Crippen LogP contribution in [0.1, 0.15) is 39.9 Å². The van der Waals surface area contributed by atoms with Gasteiger partial charge in [-0.1, -0.05) is 41.6 Å². The number of benzene rings is 1. The van der Waals surface area contributed by atoms with Gasteiger partial charge in [0.25, 0.3) is 0 Å². The molecule has 2 heterocycles. The zero-order chi connectivity index (χ0) is 17.2. The van der Waals surface area contributed by atoms with Crippen molar-refractivity contribution in [1.82, 2.24) is 14.8 Å². The molecule has 4 nitrogen and oxygen atoms in total. The van der Waals surface area contributed by atoms with Crippen LogP contribution >= 0.6 is 34.7 Å². The summed E-state index contributed by atoms with van der Waals surface area (Å²) in [6, 6.07) is 11.8. The largest absolute Gasteiger partial charge is 0.303 e. The number of aromatic nitrogens is 3. The molecule has 1 fully saturated rings. The lowest BCUT2D eigenvalue weighted by Gasteiger charge is -2.08. The minimum atomic E-state index is 0.0146. The minimum absolute atomic E-state index is 0.0146. The Morgan fingerprint density at radius 1 is 1.24 bits per heavy atom. The van der Waals surface area contributed by atoms with Crippen LogP contribution in [0, 0.1) is 0 Å². The van der Waals surface area contributed by atoms with E-state index < -0.39 is 0 Å². The van der Waals surface area contributed by atoms with Crippen LogP contribution in [-0.4, -0.2) is 26.3 Å². The van der Waals surface area contributed by atoms with E-state index in [9.17, 15) is 4.79 Å². The number of Topliss-reactive ketones (excluding diaryl/α,β-unsaturated/α-hetero) is 1. The highest BCUT2D eigenvalue weighted by Gasteiger charge is 2.30. The molecule has 0 radical (unpaired) electrons. The van der Waals surface area contributed by atoms with Gasteiger partial charge in [-0.05, 0) is 36.4 Å². The third-order valence-electron chi connectivity index (χ3n) is 4.07. The summed E-state index contributed by atoms with van der Waals surface area (Å²) in [6.45, 7) is 0. The summed E-state index contributed by atoms with van der Waals surface area (Å²) in [4.78, 5) is 13.7. The van der Waals surface area contributed by atoms with Crippen molar-refractivity contribution >= 4 is 40.5 Å². The molecule has 0 unspecified atom stereocenters. The van der Waals surface area contributed by atoms with Gasteiger partial charge in [0.1, 0.15) is 5.82 Å². The maximum Gasteiger partial charge on any atom is 0.191 e. The molecular weight excluding hydrogens is 374 g/mol. The fourth-order valence-corrected chi connectivity index (χ4v) is 4.54. The van der Waals surface area contributed by atoms with Crippen LogP contribution in [0.25, 0.3) is 0 Å². The summed E-state index contributed by atoms with van der Waals surface area (Å²) < 4.78 is 2.21. The number of hydrogen-bond acceptors (Lipinski definition) is 5. The SMILES string of the molecule is O=C(CSc1nnc(Cc2cccs2)n1C1CC1)c1ccccc1Cl. The van der Waals surface area contributed by atoms with Crippen LogP contribution < -0.4 is 0 Å². The van der Waals surface area contributed by atoms with Crippen molar-refractivity contribution in [1.29, 1.82) is 0 Å². The van der Waals surface area contributed by atoms with E-state index in [-0.39, 0.29) is 5.78 Å². The van der Waals surface area contributed by atoms with Gasteiger partial charge in [-0.2, -0.15) is 0 Å². The van der Waals surface area contributed by atoms with Gasteiger partial charge in [-0.3, -0.25) is 4.79 Å². The molecule has 3 aromatic rings. The number of ketones is 1. The van der Waals surface area contributed by atoms with Gasteiger partial charge >= 0.3 is 0 Å². The highest BCUT2D eigenvalue weighted by molar-refractivity contribution is 7.99. The second kappa shape index (κ2) is 7.32. The van der Waals surface area contributed by atoms with Crippen LogP contribution in [0.5, 0.6) is 0 Å². The summed E-state index contributed by atoms with van der Waals surface area (Å²) in [7, 11) is 0. The number of thiophene rings is 1. The topological polar surface area (TPSA) is 47.8 Å². The van der Waals surface area contributed by atoms with E-state index in [1.165, 1.54) is 16.6 Å². The molecule has 1 aromatic carbocycles. The molecule has 0 aliphatic heterocycles. The normalized spacial score (nSPS) is 14.0. The molecule has 7 heteroatoms. The average molecular weight is 390 g/mol. The Balaban J connectivity index is 1.50. The molecule has 128 valence electrons. The number of hydrogen-bond donors (Lipinski definition) is 0. The van der Waals surface area contributed by atoms with Gasteiger partial charge in [0, 0.05) is 22.9 Å². The maximum atomic E-state index is 12.4. The number of nitrogens with zero attached hydrogens (tertiary/aromatic N) is 3. The Kier molecular flexibility index (Phi) is 4.92. The third kappa shape index (κ3) is 3.81. The molecule has 0 spiro atoms. The van der Waals surface area contributed by atoms with Crippen molar-refractivity contribution in [3.8, 4) is 0 Å². The third-order valence-corrected chi connectivity index (χ3v) is 6.22. The summed E-state index contributed by atoms with van der Waals surface area (Å²) in [6.07, 6.45) is 3.10. The summed E-state index contributed by atoms with van der Waals surface area (Å²) in [5, 5.41) is 12.1. The minimum Gasteiger partial charge on any atom is -0.303 e. The molecule has 1 aliphatic rings. The average Bonchev–Trinajstić information content (AvgIpc) is 3.16. The Labute approximate surface area is 159 Å². The first-order valence-electron chi connectivity index (χ1n) is 8.09. The van der Waals surface area contributed by atoms with E-state index in [0.717, 1.165) is 30.2 Å². The van der Waals surface area contributed by atoms with Crippen molar-refractivity contribution in [2.45, 2.75) is 30.5 Å². The van der Waals surface area contributed by atoms with Gasteiger partial charge < -0.3 is 4.57 Å². The molecule has 0 saturated heterocycles. The smallest absolute Gasteiger partial charge is 0.191 e. The summed E-state index contributed by atoms with van der Waals surface area (Å²) >= 11 is 9.29. The van der Waals surface area contributed by atoms with Crippen molar-refractivity contribution in [2.75, 3.05) is 5.75 Å². The molecule has 0 bridgehead atoms. The van der Waals surface area contributed by atoms with Gasteiger partial charge in [-0.25, -0.2) is 0 Å². The monoisotopic (exact) mass is 389 g/mol. The van der Waals surface area contributed by atoms with E-state index in [0.29, 0.717) is 22.4 Å². The Hall–Kier alpha value is -1.63. The van der Waals surface area contributed by atoms with Crippen molar-refractivity contribution in [3.05, 3.63) is 63.1 Å². The van der Waals surface area contributed by atoms with Gasteiger partial charge in [-0.15, -0.1) is 21.5 Å². The van der Waals surface area contributed by atoms with Crippen LogP contribution in [0.15, 0.2) is 46.9 Å². The van der Waals surface area contributed by atoms with Gasteiger partial charge in [0.05, 0.1) is 10.8 Å². The molecular formula is C18H16ClN3OS2. The van der Waals surface area contributed by atoms with E-state index in [1.807, 2.05) is 12.1 Å². The lowest BCUT2D eigenvalue weighted by molar-refractivity contribution is 0.102. The van der Waals surface area contributed by atoms with Gasteiger partial charge in [0.15, 0.2) is 10.9 Å². The second-order valence-electron chi connectivity index (χ2n) is 5.95. The van der Waals surface area contributed by atoms with Crippen LogP contribution in [0.4, 0.5) is 0 Å². The number of rotatable bonds is 7. The van der Waals surface area contributed by atoms with E-state index >= 15 is 0 Å². The molecule has 0 amide bonds. The molecule has 25 heavy (non-hydrogen) atoms. The number of carbonyl (C=O) groups excluding carboxylic acids is 1. The predicted molar refractivity (Wildman–Crippen MR) is 102 cm³/mol. The lowest BCUT2D eigenvalue weighted by atomic mass is 10.1. The quantitative estimate of drug-likeness (QED) is 0.426. The predicted octanol–water partition coefficient (Wildman–Crippen LogP) is 4.89. The van der Waals surface area contributed by atoms with E-state index in [1.54, 1.807) is 23.5 Å². The van der Waals surface area contributed by atoms with Crippen LogP contribution in [0.2, 0.25) is 5.02 Å². The van der Waals surface area contributed by atoms with Crippen LogP contribution in [-0.2, 0) is 6.42 Å². The second-order valence-corrected chi connectivity index (χ2v) is 8.33. The first kappa shape index (κ1) is 16.8. The fraction of sp³-hybridized carbons (Fsp3) is 0.278.